The molecule has 118 valence electrons. The molecule has 1 saturated heterocycles. The van der Waals surface area contributed by atoms with E-state index >= 15 is 0 Å². The van der Waals surface area contributed by atoms with Gasteiger partial charge in [-0.1, -0.05) is 18.2 Å². The summed E-state index contributed by atoms with van der Waals surface area (Å²) in [4.78, 5) is 28.1. The first-order chi connectivity index (χ1) is 10.6. The number of hydrogen-bond donors (Lipinski definition) is 1. The van der Waals surface area contributed by atoms with Crippen LogP contribution in [-0.2, 0) is 9.59 Å². The van der Waals surface area contributed by atoms with E-state index < -0.39 is 0 Å². The number of carbonyl (C=O) groups excluding carboxylic acids is 2. The lowest BCUT2D eigenvalue weighted by Gasteiger charge is -2.20. The summed E-state index contributed by atoms with van der Waals surface area (Å²) in [5, 5.41) is 2.97. The summed E-state index contributed by atoms with van der Waals surface area (Å²) in [5.41, 5.74) is 1.13. The van der Waals surface area contributed by atoms with Gasteiger partial charge in [0.1, 0.15) is 0 Å². The number of benzene rings is 1. The highest BCUT2D eigenvalue weighted by atomic mass is 16.2. The predicted molar refractivity (Wildman–Crippen MR) is 85.6 cm³/mol. The van der Waals surface area contributed by atoms with Crippen molar-refractivity contribution in [1.29, 1.82) is 0 Å². The second-order valence-corrected chi connectivity index (χ2v) is 6.23. The first-order valence-corrected chi connectivity index (χ1v) is 7.98. The summed E-state index contributed by atoms with van der Waals surface area (Å²) in [6.07, 6.45) is 2.57. The van der Waals surface area contributed by atoms with Crippen molar-refractivity contribution in [2.45, 2.75) is 25.3 Å². The van der Waals surface area contributed by atoms with Gasteiger partial charge in [-0.05, 0) is 25.0 Å². The van der Waals surface area contributed by atoms with Crippen LogP contribution in [0.5, 0.6) is 0 Å². The summed E-state index contributed by atoms with van der Waals surface area (Å²) in [6, 6.07) is 10.5. The zero-order valence-electron chi connectivity index (χ0n) is 13.0. The van der Waals surface area contributed by atoms with E-state index in [9.17, 15) is 9.59 Å². The lowest BCUT2D eigenvalue weighted by atomic mass is 10.1. The minimum Gasteiger partial charge on any atom is -0.373 e. The standard InChI is InChI=1S/C17H23N3O2/c1-19(14-5-3-2-4-6-14)10-9-18-17(22)13-11-16(21)20(12-13)15-7-8-15/h2-6,13,15H,7-12H2,1H3,(H,18,22)/t13-/m0/s1. The van der Waals surface area contributed by atoms with E-state index in [0.717, 1.165) is 25.1 Å². The Labute approximate surface area is 131 Å². The third-order valence-electron chi connectivity index (χ3n) is 4.46. The van der Waals surface area contributed by atoms with Crippen LogP contribution in [0.1, 0.15) is 19.3 Å². The molecular formula is C17H23N3O2. The number of hydrogen-bond acceptors (Lipinski definition) is 3. The fourth-order valence-electron chi connectivity index (χ4n) is 2.95. The smallest absolute Gasteiger partial charge is 0.225 e. The van der Waals surface area contributed by atoms with Crippen molar-refractivity contribution in [2.75, 3.05) is 31.6 Å². The fourth-order valence-corrected chi connectivity index (χ4v) is 2.95. The molecule has 0 aromatic heterocycles. The minimum absolute atomic E-state index is 0.0120. The SMILES string of the molecule is CN(CCNC(=O)[C@H]1CC(=O)N(C2CC2)C1)c1ccccc1. The zero-order valence-corrected chi connectivity index (χ0v) is 13.0. The highest BCUT2D eigenvalue weighted by Crippen LogP contribution is 2.32. The molecule has 1 aliphatic heterocycles. The van der Waals surface area contributed by atoms with E-state index in [1.165, 1.54) is 0 Å². The van der Waals surface area contributed by atoms with Gasteiger partial charge in [0.2, 0.25) is 11.8 Å². The molecular weight excluding hydrogens is 278 g/mol. The topological polar surface area (TPSA) is 52.7 Å². The van der Waals surface area contributed by atoms with E-state index in [0.29, 0.717) is 25.6 Å². The van der Waals surface area contributed by atoms with E-state index in [4.69, 9.17) is 0 Å². The largest absolute Gasteiger partial charge is 0.373 e. The number of anilines is 1. The lowest BCUT2D eigenvalue weighted by molar-refractivity contribution is -0.129. The van der Waals surface area contributed by atoms with E-state index in [1.54, 1.807) is 0 Å². The van der Waals surface area contributed by atoms with Crippen molar-refractivity contribution in [3.05, 3.63) is 30.3 Å². The molecule has 1 heterocycles. The van der Waals surface area contributed by atoms with Crippen molar-refractivity contribution in [3.63, 3.8) is 0 Å². The summed E-state index contributed by atoms with van der Waals surface area (Å²) in [6.45, 7) is 1.95. The highest BCUT2D eigenvalue weighted by molar-refractivity contribution is 5.89. The van der Waals surface area contributed by atoms with Gasteiger partial charge in [0.25, 0.3) is 0 Å². The molecule has 5 nitrogen and oxygen atoms in total. The summed E-state index contributed by atoms with van der Waals surface area (Å²) < 4.78 is 0. The lowest BCUT2D eigenvalue weighted by Crippen LogP contribution is -2.37. The number of rotatable bonds is 6. The molecule has 1 N–H and O–H groups in total. The van der Waals surface area contributed by atoms with Crippen molar-refractivity contribution >= 4 is 17.5 Å². The Morgan fingerprint density at radius 3 is 2.73 bits per heavy atom. The maximum Gasteiger partial charge on any atom is 0.225 e. The van der Waals surface area contributed by atoms with Gasteiger partial charge < -0.3 is 15.1 Å². The molecule has 0 unspecified atom stereocenters. The van der Waals surface area contributed by atoms with Crippen molar-refractivity contribution in [1.82, 2.24) is 10.2 Å². The molecule has 1 atom stereocenters. The van der Waals surface area contributed by atoms with Crippen LogP contribution >= 0.6 is 0 Å². The Morgan fingerprint density at radius 1 is 1.32 bits per heavy atom. The quantitative estimate of drug-likeness (QED) is 0.860. The normalized spacial score (nSPS) is 21.0. The van der Waals surface area contributed by atoms with E-state index in [-0.39, 0.29) is 17.7 Å². The monoisotopic (exact) mass is 301 g/mol. The van der Waals surface area contributed by atoms with Crippen molar-refractivity contribution in [2.24, 2.45) is 5.92 Å². The molecule has 1 aromatic carbocycles. The molecule has 5 heteroatoms. The van der Waals surface area contributed by atoms with E-state index in [2.05, 4.69) is 10.2 Å². The molecule has 2 aliphatic rings. The first kappa shape index (κ1) is 14.9. The number of likely N-dealkylation sites (N-methyl/N-ethyl adjacent to an activating group) is 1. The Kier molecular flexibility index (Phi) is 4.32. The predicted octanol–water partition coefficient (Wildman–Crippen LogP) is 1.25. The molecule has 1 aromatic rings. The van der Waals surface area contributed by atoms with Crippen LogP contribution in [-0.4, -0.2) is 49.4 Å². The van der Waals surface area contributed by atoms with Gasteiger partial charge >= 0.3 is 0 Å². The van der Waals surface area contributed by atoms with Crippen LogP contribution in [0.2, 0.25) is 0 Å². The zero-order chi connectivity index (χ0) is 15.5. The summed E-state index contributed by atoms with van der Waals surface area (Å²) >= 11 is 0. The first-order valence-electron chi connectivity index (χ1n) is 7.98. The van der Waals surface area contributed by atoms with Gasteiger partial charge in [-0.2, -0.15) is 0 Å². The molecule has 2 fully saturated rings. The molecule has 1 saturated carbocycles. The number of nitrogens with zero attached hydrogens (tertiary/aromatic N) is 2. The van der Waals surface area contributed by atoms with Gasteiger partial charge in [0.05, 0.1) is 5.92 Å². The van der Waals surface area contributed by atoms with Crippen LogP contribution in [0.25, 0.3) is 0 Å². The van der Waals surface area contributed by atoms with Crippen LogP contribution in [0.4, 0.5) is 5.69 Å². The number of likely N-dealkylation sites (tertiary alicyclic amines) is 1. The summed E-state index contributed by atoms with van der Waals surface area (Å²) in [5.74, 6) is -0.0165. The molecule has 22 heavy (non-hydrogen) atoms. The Hall–Kier alpha value is -2.04. The van der Waals surface area contributed by atoms with E-state index in [1.807, 2.05) is 42.3 Å². The number of carbonyl (C=O) groups is 2. The maximum atomic E-state index is 12.2. The molecule has 1 aliphatic carbocycles. The number of para-hydroxylation sites is 1. The molecule has 0 spiro atoms. The average Bonchev–Trinajstić information content (AvgIpc) is 3.30. The van der Waals surface area contributed by atoms with Crippen LogP contribution in [0, 0.1) is 5.92 Å². The number of nitrogens with one attached hydrogen (secondary N) is 1. The Morgan fingerprint density at radius 2 is 2.05 bits per heavy atom. The fraction of sp³-hybridized carbons (Fsp3) is 0.529. The molecule has 0 radical (unpaired) electrons. The van der Waals surface area contributed by atoms with Gasteiger partial charge in [-0.3, -0.25) is 9.59 Å². The summed E-state index contributed by atoms with van der Waals surface area (Å²) in [7, 11) is 2.01. The van der Waals surface area contributed by atoms with Crippen LogP contribution < -0.4 is 10.2 Å². The minimum atomic E-state index is -0.171. The Balaban J connectivity index is 1.42. The van der Waals surface area contributed by atoms with Gasteiger partial charge in [-0.15, -0.1) is 0 Å². The van der Waals surface area contributed by atoms with Gasteiger partial charge in [0.15, 0.2) is 0 Å². The highest BCUT2D eigenvalue weighted by Gasteiger charge is 2.41. The van der Waals surface area contributed by atoms with Crippen molar-refractivity contribution < 1.29 is 9.59 Å². The Bertz CT molecular complexity index is 542. The third-order valence-corrected chi connectivity index (χ3v) is 4.46. The maximum absolute atomic E-state index is 12.2. The van der Waals surface area contributed by atoms with Gasteiger partial charge in [0, 0.05) is 44.8 Å². The number of amides is 2. The average molecular weight is 301 g/mol. The van der Waals surface area contributed by atoms with Crippen molar-refractivity contribution in [3.8, 4) is 0 Å². The second-order valence-electron chi connectivity index (χ2n) is 6.23. The molecule has 0 bridgehead atoms. The van der Waals surface area contributed by atoms with Gasteiger partial charge in [-0.25, -0.2) is 0 Å². The second kappa shape index (κ2) is 6.38. The molecule has 2 amide bonds. The third kappa shape index (κ3) is 3.40. The van der Waals surface area contributed by atoms with Crippen LogP contribution in [0.3, 0.4) is 0 Å². The molecule has 3 rings (SSSR count). The van der Waals surface area contributed by atoms with Crippen LogP contribution in [0.15, 0.2) is 30.3 Å².